The first-order chi connectivity index (χ1) is 10.6. The minimum Gasteiger partial charge on any atom is -0.330 e. The van der Waals surface area contributed by atoms with Gasteiger partial charge in [0.2, 0.25) is 5.91 Å². The number of hydrogen-bond acceptors (Lipinski definition) is 5. The Morgan fingerprint density at radius 3 is 2.73 bits per heavy atom. The molecule has 22 heavy (non-hydrogen) atoms. The van der Waals surface area contributed by atoms with Crippen molar-refractivity contribution in [2.75, 3.05) is 17.2 Å². The summed E-state index contributed by atoms with van der Waals surface area (Å²) in [6.07, 6.45) is 4.95. The number of nitrogens with two attached hydrogens (primary N) is 1. The van der Waals surface area contributed by atoms with Crippen LogP contribution in [0.5, 0.6) is 0 Å². The van der Waals surface area contributed by atoms with Gasteiger partial charge < -0.3 is 16.4 Å². The zero-order chi connectivity index (χ0) is 15.7. The Kier molecular flexibility index (Phi) is 3.89. The maximum Gasteiger partial charge on any atom is 0.298 e. The minimum atomic E-state index is -0.715. The summed E-state index contributed by atoms with van der Waals surface area (Å²) in [5.74, 6) is -0.863. The zero-order valence-corrected chi connectivity index (χ0v) is 12.1. The van der Waals surface area contributed by atoms with E-state index in [1.807, 2.05) is 0 Å². The van der Waals surface area contributed by atoms with Gasteiger partial charge >= 0.3 is 0 Å². The summed E-state index contributed by atoms with van der Waals surface area (Å²) in [5.41, 5.74) is 6.15. The summed E-state index contributed by atoms with van der Waals surface area (Å²) >= 11 is 0. The monoisotopic (exact) mass is 302 g/mol. The molecule has 0 unspecified atom stereocenters. The first-order valence-corrected chi connectivity index (χ1v) is 7.45. The van der Waals surface area contributed by atoms with Crippen molar-refractivity contribution < 1.29 is 14.4 Å². The van der Waals surface area contributed by atoms with Gasteiger partial charge in [-0.15, -0.1) is 0 Å². The average Bonchev–Trinajstić information content (AvgIpc) is 2.83. The van der Waals surface area contributed by atoms with Crippen LogP contribution in [0, 0.1) is 11.8 Å². The quantitative estimate of drug-likeness (QED) is 0.718. The number of carbonyl (C=O) groups is 3. The third-order valence-corrected chi connectivity index (χ3v) is 4.42. The van der Waals surface area contributed by atoms with Gasteiger partial charge in [0, 0.05) is 12.1 Å². The summed E-state index contributed by atoms with van der Waals surface area (Å²) in [7, 11) is 0. The van der Waals surface area contributed by atoms with Crippen LogP contribution in [0.15, 0.2) is 12.3 Å². The normalized spacial score (nSPS) is 23.9. The zero-order valence-electron chi connectivity index (χ0n) is 12.1. The van der Waals surface area contributed by atoms with Crippen LogP contribution in [0.2, 0.25) is 0 Å². The third-order valence-electron chi connectivity index (χ3n) is 4.42. The van der Waals surface area contributed by atoms with Gasteiger partial charge in [-0.25, -0.2) is 4.98 Å². The molecule has 1 saturated carbocycles. The molecule has 0 atom stereocenters. The number of pyridine rings is 1. The predicted molar refractivity (Wildman–Crippen MR) is 80.3 cm³/mol. The predicted octanol–water partition coefficient (Wildman–Crippen LogP) is 0.920. The number of amides is 2. The average molecular weight is 302 g/mol. The number of anilines is 2. The summed E-state index contributed by atoms with van der Waals surface area (Å²) in [6, 6.07) is 1.54. The van der Waals surface area contributed by atoms with E-state index in [1.54, 1.807) is 6.07 Å². The van der Waals surface area contributed by atoms with Gasteiger partial charge in [-0.2, -0.15) is 0 Å². The second-order valence-electron chi connectivity index (χ2n) is 5.81. The van der Waals surface area contributed by atoms with Crippen LogP contribution in [0.25, 0.3) is 0 Å². The second-order valence-corrected chi connectivity index (χ2v) is 5.81. The van der Waals surface area contributed by atoms with Gasteiger partial charge in [0.15, 0.2) is 0 Å². The van der Waals surface area contributed by atoms with E-state index in [2.05, 4.69) is 15.6 Å². The van der Waals surface area contributed by atoms with E-state index in [4.69, 9.17) is 5.73 Å². The maximum absolute atomic E-state index is 12.4. The molecule has 3 rings (SSSR count). The molecule has 2 heterocycles. The van der Waals surface area contributed by atoms with E-state index in [9.17, 15) is 14.4 Å². The van der Waals surface area contributed by atoms with Gasteiger partial charge in [0.1, 0.15) is 5.82 Å². The van der Waals surface area contributed by atoms with Crippen molar-refractivity contribution in [3.63, 3.8) is 0 Å². The van der Waals surface area contributed by atoms with Crippen molar-refractivity contribution >= 4 is 29.1 Å². The molecule has 1 aromatic heterocycles. The number of rotatable bonds is 3. The number of nitrogens with one attached hydrogen (secondary N) is 2. The highest BCUT2D eigenvalue weighted by atomic mass is 16.2. The molecule has 0 aromatic carbocycles. The van der Waals surface area contributed by atoms with Crippen LogP contribution in [0.1, 0.15) is 36.0 Å². The Labute approximate surface area is 127 Å². The van der Waals surface area contributed by atoms with Crippen LogP contribution in [-0.4, -0.2) is 29.1 Å². The smallest absolute Gasteiger partial charge is 0.298 e. The van der Waals surface area contributed by atoms with E-state index in [0.29, 0.717) is 18.2 Å². The van der Waals surface area contributed by atoms with Crippen LogP contribution in [-0.2, 0) is 9.59 Å². The van der Waals surface area contributed by atoms with Crippen molar-refractivity contribution in [2.45, 2.75) is 25.7 Å². The summed E-state index contributed by atoms with van der Waals surface area (Å²) in [6.45, 7) is 0.661. The van der Waals surface area contributed by atoms with Gasteiger partial charge in [0.05, 0.1) is 11.3 Å². The maximum atomic E-state index is 12.4. The molecular formula is C15H18N4O3. The molecule has 116 valence electrons. The Morgan fingerprint density at radius 2 is 2.05 bits per heavy atom. The van der Waals surface area contributed by atoms with Crippen LogP contribution >= 0.6 is 0 Å². The molecule has 0 spiro atoms. The molecule has 1 aliphatic carbocycles. The molecule has 0 bridgehead atoms. The molecule has 1 aromatic rings. The van der Waals surface area contributed by atoms with E-state index in [-0.39, 0.29) is 23.2 Å². The first-order valence-electron chi connectivity index (χ1n) is 7.45. The molecule has 7 nitrogen and oxygen atoms in total. The second kappa shape index (κ2) is 5.84. The van der Waals surface area contributed by atoms with Gasteiger partial charge in [-0.1, -0.05) is 0 Å². The number of fused-ring (bicyclic) bond motifs is 1. The summed E-state index contributed by atoms with van der Waals surface area (Å²) < 4.78 is 0. The number of nitrogens with zero attached hydrogens (tertiary/aromatic N) is 1. The molecule has 0 saturated heterocycles. The topological polar surface area (TPSA) is 114 Å². The fourth-order valence-corrected chi connectivity index (χ4v) is 3.06. The standard InChI is InChI=1S/C15H18N4O3/c16-7-8-1-3-9(4-2-8)14(21)18-10-5-6-17-13-11(10)12(20)15(22)19-13/h5-6,8-9H,1-4,7,16H2,(H2,17,18,19,20,21,22)/t8-,9-. The Hall–Kier alpha value is -2.28. The Balaban J connectivity index is 1.72. The molecule has 1 aliphatic heterocycles. The van der Waals surface area contributed by atoms with Crippen molar-refractivity contribution in [1.29, 1.82) is 0 Å². The SMILES string of the molecule is NC[C@H]1CC[C@H](C(=O)Nc2ccnc3c2C(=O)C(=O)N3)CC1. The fourth-order valence-electron chi connectivity index (χ4n) is 3.06. The number of hydrogen-bond donors (Lipinski definition) is 3. The highest BCUT2D eigenvalue weighted by Crippen LogP contribution is 2.31. The number of aromatic nitrogens is 1. The lowest BCUT2D eigenvalue weighted by atomic mass is 9.81. The lowest BCUT2D eigenvalue weighted by molar-refractivity contribution is -0.121. The van der Waals surface area contributed by atoms with Crippen molar-refractivity contribution in [1.82, 2.24) is 4.98 Å². The number of Topliss-reactive ketones (excluding diaryl/α,β-unsaturated/α-hetero) is 1. The lowest BCUT2D eigenvalue weighted by Gasteiger charge is -2.26. The molecule has 1 fully saturated rings. The van der Waals surface area contributed by atoms with E-state index in [0.717, 1.165) is 25.7 Å². The highest BCUT2D eigenvalue weighted by molar-refractivity contribution is 6.52. The van der Waals surface area contributed by atoms with E-state index < -0.39 is 11.7 Å². The van der Waals surface area contributed by atoms with E-state index in [1.165, 1.54) is 6.20 Å². The molecular weight excluding hydrogens is 284 g/mol. The van der Waals surface area contributed by atoms with Gasteiger partial charge in [-0.05, 0) is 44.2 Å². The van der Waals surface area contributed by atoms with Gasteiger partial charge in [0.25, 0.3) is 11.7 Å². The minimum absolute atomic E-state index is 0.0771. The molecule has 7 heteroatoms. The highest BCUT2D eigenvalue weighted by Gasteiger charge is 2.33. The first kappa shape index (κ1) is 14.6. The van der Waals surface area contributed by atoms with Crippen molar-refractivity contribution in [3.8, 4) is 0 Å². The molecule has 0 radical (unpaired) electrons. The van der Waals surface area contributed by atoms with Gasteiger partial charge in [-0.3, -0.25) is 14.4 Å². The number of ketones is 1. The van der Waals surface area contributed by atoms with E-state index >= 15 is 0 Å². The molecule has 2 aliphatic rings. The third kappa shape index (κ3) is 2.59. The van der Waals surface area contributed by atoms with Crippen LogP contribution in [0.4, 0.5) is 11.5 Å². The lowest BCUT2D eigenvalue weighted by Crippen LogP contribution is -2.29. The summed E-state index contributed by atoms with van der Waals surface area (Å²) in [4.78, 5) is 39.6. The molecule has 2 amide bonds. The fraction of sp³-hybridized carbons (Fsp3) is 0.467. The Bertz CT molecular complexity index is 636. The van der Waals surface area contributed by atoms with Crippen LogP contribution < -0.4 is 16.4 Å². The largest absolute Gasteiger partial charge is 0.330 e. The van der Waals surface area contributed by atoms with Crippen molar-refractivity contribution in [2.24, 2.45) is 17.6 Å². The molecule has 4 N–H and O–H groups in total. The Morgan fingerprint density at radius 1 is 1.32 bits per heavy atom. The van der Waals surface area contributed by atoms with Crippen molar-refractivity contribution in [3.05, 3.63) is 17.8 Å². The summed E-state index contributed by atoms with van der Waals surface area (Å²) in [5, 5.41) is 5.16. The number of carbonyl (C=O) groups excluding carboxylic acids is 3. The van der Waals surface area contributed by atoms with Crippen LogP contribution in [0.3, 0.4) is 0 Å².